The number of rotatable bonds is 19. The molecular weight excluding hydrogens is 566 g/mol. The fourth-order valence-electron chi connectivity index (χ4n) is 4.41. The summed E-state index contributed by atoms with van der Waals surface area (Å²) in [6.45, 7) is 9.00. The van der Waals surface area contributed by atoms with Crippen molar-refractivity contribution in [2.24, 2.45) is 23.3 Å². The highest BCUT2D eigenvalue weighted by molar-refractivity contribution is 5.95. The first-order valence-electron chi connectivity index (χ1n) is 14.7. The van der Waals surface area contributed by atoms with Crippen LogP contribution in [0.4, 0.5) is 0 Å². The third kappa shape index (κ3) is 13.7. The molecule has 0 bridgehead atoms. The summed E-state index contributed by atoms with van der Waals surface area (Å²) in [7, 11) is 0. The van der Waals surface area contributed by atoms with Gasteiger partial charge < -0.3 is 38.1 Å². The standard InChI is InChI=1S/C30H48N9O5/c1-6-18(4)25(39-28(43)24(36-19(5)41)15-20-9-11-21(12-10-20)26(31)32)29(44)38-23(8-7-13-35-30(33)34)27(42)37-22(16-40)14-17(2)3/h9-12,17-18,22-25H,6-8,13-15H2,1-5H3,(H3,31,32)(H,36,41)(H,37,42)(H,38,44)(H,39,43)(H4,33,34,35)/t18-,22-,23-,24-,25-/m0/s1. The lowest BCUT2D eigenvalue weighted by molar-refractivity contribution is -0.134. The molecule has 14 nitrogen and oxygen atoms in total. The van der Waals surface area contributed by atoms with Gasteiger partial charge in [-0.3, -0.25) is 34.8 Å². The van der Waals surface area contributed by atoms with Crippen LogP contribution in [0.5, 0.6) is 0 Å². The monoisotopic (exact) mass is 614 g/mol. The molecule has 11 N–H and O–H groups in total. The number of benzene rings is 1. The second-order valence-electron chi connectivity index (χ2n) is 11.3. The van der Waals surface area contributed by atoms with E-state index in [-0.39, 0.29) is 43.0 Å². The van der Waals surface area contributed by atoms with Crippen molar-refractivity contribution in [3.8, 4) is 0 Å². The molecule has 5 atom stereocenters. The molecule has 4 amide bonds. The number of nitrogens with one attached hydrogen (secondary N) is 7. The Bertz CT molecular complexity index is 1160. The summed E-state index contributed by atoms with van der Waals surface area (Å²) in [5.74, 6) is -2.76. The molecule has 0 aliphatic carbocycles. The Morgan fingerprint density at radius 1 is 0.886 bits per heavy atom. The van der Waals surface area contributed by atoms with Crippen LogP contribution in [0.25, 0.3) is 0 Å². The molecule has 0 aliphatic rings. The van der Waals surface area contributed by atoms with Gasteiger partial charge in [-0.1, -0.05) is 58.4 Å². The number of carbonyl (C=O) groups is 4. The molecule has 14 heteroatoms. The second kappa shape index (κ2) is 18.9. The zero-order chi connectivity index (χ0) is 33.4. The third-order valence-electron chi connectivity index (χ3n) is 6.98. The number of amides is 4. The Labute approximate surface area is 259 Å². The first kappa shape index (κ1) is 37.5. The predicted octanol–water partition coefficient (Wildman–Crippen LogP) is -0.0626. The van der Waals surface area contributed by atoms with E-state index in [1.807, 2.05) is 27.1 Å². The fourth-order valence-corrected chi connectivity index (χ4v) is 4.41. The molecule has 1 aromatic rings. The van der Waals surface area contributed by atoms with E-state index in [0.717, 1.165) is 0 Å². The van der Waals surface area contributed by atoms with E-state index in [2.05, 4.69) is 26.6 Å². The number of nitrogens with two attached hydrogens (primary N) is 2. The van der Waals surface area contributed by atoms with Crippen LogP contribution in [0.3, 0.4) is 0 Å². The first-order valence-corrected chi connectivity index (χ1v) is 14.7. The average molecular weight is 615 g/mol. The van der Waals surface area contributed by atoms with Crippen molar-refractivity contribution >= 4 is 41.7 Å². The maximum absolute atomic E-state index is 13.6. The number of hydrogen-bond donors (Lipinski definition) is 9. The van der Waals surface area contributed by atoms with Crippen LogP contribution < -0.4 is 38.1 Å². The van der Waals surface area contributed by atoms with E-state index >= 15 is 0 Å². The summed E-state index contributed by atoms with van der Waals surface area (Å²) in [4.78, 5) is 63.7. The Balaban J connectivity index is 3.17. The molecule has 0 heterocycles. The van der Waals surface area contributed by atoms with Gasteiger partial charge in [0.2, 0.25) is 29.9 Å². The second-order valence-corrected chi connectivity index (χ2v) is 11.3. The molecule has 0 fully saturated rings. The van der Waals surface area contributed by atoms with E-state index in [4.69, 9.17) is 22.3 Å². The first-order chi connectivity index (χ1) is 20.7. The van der Waals surface area contributed by atoms with Gasteiger partial charge in [0.05, 0.1) is 6.04 Å². The lowest BCUT2D eigenvalue weighted by atomic mass is 9.96. The summed E-state index contributed by atoms with van der Waals surface area (Å²) in [6, 6.07) is 2.72. The van der Waals surface area contributed by atoms with Crippen LogP contribution in [-0.4, -0.2) is 72.4 Å². The largest absolute Gasteiger partial charge is 0.384 e. The van der Waals surface area contributed by atoms with Crippen molar-refractivity contribution in [2.75, 3.05) is 6.54 Å². The SMILES string of the molecule is CC[C@H](C)[C@H](NC(=O)[C@H](Cc1ccc(C(=N)N)cc1)NC(C)=O)C(=O)N[C@@H](CCCNC(=N)N)C(=O)N[C@H]([C]=O)CC(C)C. The maximum atomic E-state index is 13.6. The molecule has 1 aromatic carbocycles. The van der Waals surface area contributed by atoms with E-state index in [1.54, 1.807) is 31.2 Å². The highest BCUT2D eigenvalue weighted by atomic mass is 16.2. The Hall–Kier alpha value is -4.49. The highest BCUT2D eigenvalue weighted by Gasteiger charge is 2.32. The van der Waals surface area contributed by atoms with Crippen molar-refractivity contribution in [1.29, 1.82) is 10.8 Å². The summed E-state index contributed by atoms with van der Waals surface area (Å²) in [6.07, 6.45) is 3.36. The van der Waals surface area contributed by atoms with E-state index in [9.17, 15) is 24.0 Å². The van der Waals surface area contributed by atoms with Gasteiger partial charge in [-0.2, -0.15) is 0 Å². The molecule has 0 aromatic heterocycles. The minimum atomic E-state index is -1.05. The number of hydrogen-bond acceptors (Lipinski definition) is 7. The molecule has 1 radical (unpaired) electrons. The molecule has 0 saturated carbocycles. The lowest BCUT2D eigenvalue weighted by Gasteiger charge is -2.29. The van der Waals surface area contributed by atoms with Crippen molar-refractivity contribution in [2.45, 2.75) is 90.9 Å². The van der Waals surface area contributed by atoms with E-state index in [0.29, 0.717) is 30.4 Å². The molecule has 0 aliphatic heterocycles. The maximum Gasteiger partial charge on any atom is 0.243 e. The summed E-state index contributed by atoms with van der Waals surface area (Å²) in [5.41, 5.74) is 12.1. The van der Waals surface area contributed by atoms with Crippen LogP contribution in [-0.2, 0) is 30.4 Å². The van der Waals surface area contributed by atoms with Crippen LogP contribution in [0.2, 0.25) is 0 Å². The minimum Gasteiger partial charge on any atom is -0.384 e. The lowest BCUT2D eigenvalue weighted by Crippen LogP contribution is -2.59. The fraction of sp³-hybridized carbons (Fsp3) is 0.567. The average Bonchev–Trinajstić information content (AvgIpc) is 2.95. The molecule has 243 valence electrons. The molecule has 0 unspecified atom stereocenters. The van der Waals surface area contributed by atoms with Crippen molar-refractivity contribution < 1.29 is 24.0 Å². The van der Waals surface area contributed by atoms with E-state index in [1.165, 1.54) is 6.92 Å². The number of guanidine groups is 1. The molecule has 0 saturated heterocycles. The summed E-state index contributed by atoms with van der Waals surface area (Å²) < 4.78 is 0. The van der Waals surface area contributed by atoms with Gasteiger partial charge in [-0.15, -0.1) is 0 Å². The predicted molar refractivity (Wildman–Crippen MR) is 168 cm³/mol. The van der Waals surface area contributed by atoms with Gasteiger partial charge in [0.1, 0.15) is 24.0 Å². The van der Waals surface area contributed by atoms with Crippen LogP contribution in [0.15, 0.2) is 24.3 Å². The van der Waals surface area contributed by atoms with Gasteiger partial charge in [0.25, 0.3) is 0 Å². The molecule has 44 heavy (non-hydrogen) atoms. The quantitative estimate of drug-likeness (QED) is 0.0579. The number of carbonyl (C=O) groups excluding carboxylic acids is 5. The van der Waals surface area contributed by atoms with Gasteiger partial charge >= 0.3 is 0 Å². The summed E-state index contributed by atoms with van der Waals surface area (Å²) >= 11 is 0. The smallest absolute Gasteiger partial charge is 0.243 e. The van der Waals surface area contributed by atoms with Crippen LogP contribution >= 0.6 is 0 Å². The van der Waals surface area contributed by atoms with Gasteiger partial charge in [0, 0.05) is 25.5 Å². The third-order valence-corrected chi connectivity index (χ3v) is 6.98. The molecule has 0 spiro atoms. The van der Waals surface area contributed by atoms with Crippen LogP contribution in [0.1, 0.15) is 71.4 Å². The minimum absolute atomic E-state index is 0.100. The molecular formula is C30H48N9O5. The van der Waals surface area contributed by atoms with Crippen molar-refractivity contribution in [3.63, 3.8) is 0 Å². The Kier molecular flexibility index (Phi) is 16.1. The summed E-state index contributed by atoms with van der Waals surface area (Å²) in [5, 5.41) is 28.3. The van der Waals surface area contributed by atoms with Crippen molar-refractivity contribution in [1.82, 2.24) is 26.6 Å². The van der Waals surface area contributed by atoms with Crippen molar-refractivity contribution in [3.05, 3.63) is 35.4 Å². The highest BCUT2D eigenvalue weighted by Crippen LogP contribution is 2.12. The number of amidine groups is 1. The number of nitrogen functional groups attached to an aromatic ring is 1. The topological polar surface area (TPSA) is 245 Å². The van der Waals surface area contributed by atoms with E-state index < -0.39 is 47.8 Å². The van der Waals surface area contributed by atoms with Gasteiger partial charge in [0.15, 0.2) is 5.96 Å². The van der Waals surface area contributed by atoms with Crippen LogP contribution in [0, 0.1) is 22.7 Å². The van der Waals surface area contributed by atoms with Gasteiger partial charge in [-0.25, -0.2) is 0 Å². The van der Waals surface area contributed by atoms with Gasteiger partial charge in [-0.05, 0) is 36.7 Å². The normalized spacial score (nSPS) is 14.2. The Morgan fingerprint density at radius 2 is 1.50 bits per heavy atom. The zero-order valence-corrected chi connectivity index (χ0v) is 26.2. The molecule has 1 rings (SSSR count). The zero-order valence-electron chi connectivity index (χ0n) is 26.2. The Morgan fingerprint density at radius 3 is 2.00 bits per heavy atom.